The molecule has 98 valence electrons. The Morgan fingerprint density at radius 1 is 1.25 bits per heavy atom. The van der Waals surface area contributed by atoms with Gasteiger partial charge in [-0.15, -0.1) is 0 Å². The van der Waals surface area contributed by atoms with Crippen molar-refractivity contribution < 1.29 is 9.84 Å². The molecular formula is C11H27N3O2. The number of methoxy groups -OCH3 is 1. The lowest BCUT2D eigenvalue weighted by Crippen LogP contribution is -2.39. The van der Waals surface area contributed by atoms with Gasteiger partial charge in [-0.1, -0.05) is 0 Å². The van der Waals surface area contributed by atoms with Crippen molar-refractivity contribution in [3.05, 3.63) is 0 Å². The van der Waals surface area contributed by atoms with Crippen LogP contribution in [0.25, 0.3) is 0 Å². The van der Waals surface area contributed by atoms with E-state index in [4.69, 9.17) is 4.74 Å². The first-order chi connectivity index (χ1) is 7.56. The number of likely N-dealkylation sites (N-methyl/N-ethyl adjacent to an activating group) is 2. The first kappa shape index (κ1) is 15.8. The molecule has 0 radical (unpaired) electrons. The molecule has 0 aromatic rings. The lowest BCUT2D eigenvalue weighted by molar-refractivity contribution is 0.117. The van der Waals surface area contributed by atoms with Gasteiger partial charge in [0, 0.05) is 39.8 Å². The minimum atomic E-state index is -0.316. The second-order valence-corrected chi connectivity index (χ2v) is 4.42. The van der Waals surface area contributed by atoms with Gasteiger partial charge in [0.2, 0.25) is 0 Å². The molecule has 0 spiro atoms. The maximum Gasteiger partial charge on any atom is 0.0791 e. The topological polar surface area (TPSA) is 48.0 Å². The van der Waals surface area contributed by atoms with Crippen molar-refractivity contribution in [1.29, 1.82) is 0 Å². The summed E-state index contributed by atoms with van der Waals surface area (Å²) in [4.78, 5) is 4.28. The summed E-state index contributed by atoms with van der Waals surface area (Å²) in [5, 5.41) is 12.9. The highest BCUT2D eigenvalue weighted by molar-refractivity contribution is 4.65. The van der Waals surface area contributed by atoms with Gasteiger partial charge in [0.1, 0.15) is 0 Å². The van der Waals surface area contributed by atoms with Gasteiger partial charge in [0.25, 0.3) is 0 Å². The van der Waals surface area contributed by atoms with E-state index in [0.29, 0.717) is 19.7 Å². The summed E-state index contributed by atoms with van der Waals surface area (Å²) in [7, 11) is 7.81. The van der Waals surface area contributed by atoms with Crippen LogP contribution >= 0.6 is 0 Å². The minimum Gasteiger partial charge on any atom is -0.390 e. The zero-order valence-electron chi connectivity index (χ0n) is 11.1. The molecule has 0 rings (SSSR count). The lowest BCUT2D eigenvalue weighted by Gasteiger charge is -2.22. The Morgan fingerprint density at radius 3 is 2.50 bits per heavy atom. The lowest BCUT2D eigenvalue weighted by atomic mass is 10.3. The fourth-order valence-corrected chi connectivity index (χ4v) is 1.33. The first-order valence-electron chi connectivity index (χ1n) is 5.77. The fourth-order valence-electron chi connectivity index (χ4n) is 1.33. The molecule has 0 saturated carbocycles. The van der Waals surface area contributed by atoms with Gasteiger partial charge < -0.3 is 25.0 Å². The third kappa shape index (κ3) is 10.3. The molecule has 0 aliphatic carbocycles. The summed E-state index contributed by atoms with van der Waals surface area (Å²) >= 11 is 0. The largest absolute Gasteiger partial charge is 0.390 e. The predicted octanol–water partition coefficient (Wildman–Crippen LogP) is -0.923. The molecule has 1 atom stereocenters. The molecule has 0 aromatic heterocycles. The zero-order chi connectivity index (χ0) is 12.4. The molecular weight excluding hydrogens is 206 g/mol. The second kappa shape index (κ2) is 9.99. The predicted molar refractivity (Wildman–Crippen MR) is 66.8 cm³/mol. The Kier molecular flexibility index (Phi) is 9.86. The van der Waals surface area contributed by atoms with Gasteiger partial charge in [0.05, 0.1) is 12.7 Å². The number of aliphatic hydroxyl groups is 1. The molecule has 0 heterocycles. The van der Waals surface area contributed by atoms with Gasteiger partial charge in [-0.25, -0.2) is 0 Å². The van der Waals surface area contributed by atoms with E-state index in [1.165, 1.54) is 0 Å². The molecule has 5 heteroatoms. The normalized spacial score (nSPS) is 13.7. The Balaban J connectivity index is 3.42. The molecule has 0 aromatic carbocycles. The second-order valence-electron chi connectivity index (χ2n) is 4.42. The van der Waals surface area contributed by atoms with Crippen LogP contribution in [-0.4, -0.2) is 88.6 Å². The monoisotopic (exact) mass is 233 g/mol. The van der Waals surface area contributed by atoms with Crippen LogP contribution in [0, 0.1) is 0 Å². The molecule has 0 amide bonds. The van der Waals surface area contributed by atoms with Gasteiger partial charge in [-0.05, 0) is 21.1 Å². The van der Waals surface area contributed by atoms with Crippen LogP contribution in [-0.2, 0) is 4.74 Å². The Bertz CT molecular complexity index is 156. The van der Waals surface area contributed by atoms with Crippen LogP contribution in [0.3, 0.4) is 0 Å². The van der Waals surface area contributed by atoms with E-state index in [-0.39, 0.29) is 6.10 Å². The quantitative estimate of drug-likeness (QED) is 0.478. The highest BCUT2D eigenvalue weighted by Crippen LogP contribution is 1.89. The van der Waals surface area contributed by atoms with E-state index in [2.05, 4.69) is 29.2 Å². The molecule has 2 N–H and O–H groups in total. The van der Waals surface area contributed by atoms with Crippen LogP contribution in [0.15, 0.2) is 0 Å². The first-order valence-corrected chi connectivity index (χ1v) is 5.77. The van der Waals surface area contributed by atoms with Crippen LogP contribution in [0.2, 0.25) is 0 Å². The van der Waals surface area contributed by atoms with Crippen molar-refractivity contribution in [2.24, 2.45) is 0 Å². The number of ether oxygens (including phenoxy) is 1. The van der Waals surface area contributed by atoms with Crippen molar-refractivity contribution >= 4 is 0 Å². The number of hydrogen-bond donors (Lipinski definition) is 2. The van der Waals surface area contributed by atoms with Crippen LogP contribution < -0.4 is 5.32 Å². The standard InChI is InChI=1S/C11H27N3O2/c1-13(2)6-7-14(3)10-11(15)9-12-5-8-16-4/h11-12,15H,5-10H2,1-4H3. The maximum absolute atomic E-state index is 9.73. The van der Waals surface area contributed by atoms with Crippen molar-refractivity contribution in [2.75, 3.05) is 67.6 Å². The Labute approximate surface area is 99.4 Å². The van der Waals surface area contributed by atoms with Crippen molar-refractivity contribution in [3.63, 3.8) is 0 Å². The number of nitrogens with one attached hydrogen (secondary N) is 1. The number of rotatable bonds is 10. The number of nitrogens with zero attached hydrogens (tertiary/aromatic N) is 2. The molecule has 5 nitrogen and oxygen atoms in total. The van der Waals surface area contributed by atoms with Crippen LogP contribution in [0.1, 0.15) is 0 Å². The third-order valence-corrected chi connectivity index (χ3v) is 2.31. The summed E-state index contributed by atoms with van der Waals surface area (Å²) in [5.41, 5.74) is 0. The average molecular weight is 233 g/mol. The summed E-state index contributed by atoms with van der Waals surface area (Å²) in [6, 6.07) is 0. The fraction of sp³-hybridized carbons (Fsp3) is 1.00. The van der Waals surface area contributed by atoms with Crippen molar-refractivity contribution in [3.8, 4) is 0 Å². The smallest absolute Gasteiger partial charge is 0.0791 e. The van der Waals surface area contributed by atoms with E-state index in [9.17, 15) is 5.11 Å². The SMILES string of the molecule is COCCNCC(O)CN(C)CCN(C)C. The number of hydrogen-bond acceptors (Lipinski definition) is 5. The minimum absolute atomic E-state index is 0.316. The summed E-state index contributed by atoms with van der Waals surface area (Å²) < 4.78 is 4.91. The molecule has 0 aliphatic rings. The maximum atomic E-state index is 9.73. The molecule has 0 saturated heterocycles. The average Bonchev–Trinajstić information content (AvgIpc) is 2.21. The molecule has 0 bridgehead atoms. The van der Waals surface area contributed by atoms with Gasteiger partial charge in [-0.3, -0.25) is 0 Å². The van der Waals surface area contributed by atoms with Gasteiger partial charge in [0.15, 0.2) is 0 Å². The third-order valence-electron chi connectivity index (χ3n) is 2.31. The summed E-state index contributed by atoms with van der Waals surface area (Å²) in [6.45, 7) is 4.78. The molecule has 1 unspecified atom stereocenters. The van der Waals surface area contributed by atoms with Crippen molar-refractivity contribution in [2.45, 2.75) is 6.10 Å². The van der Waals surface area contributed by atoms with Gasteiger partial charge in [-0.2, -0.15) is 0 Å². The van der Waals surface area contributed by atoms with E-state index < -0.39 is 0 Å². The van der Waals surface area contributed by atoms with Crippen LogP contribution in [0.5, 0.6) is 0 Å². The highest BCUT2D eigenvalue weighted by Gasteiger charge is 2.07. The Morgan fingerprint density at radius 2 is 1.94 bits per heavy atom. The zero-order valence-corrected chi connectivity index (χ0v) is 11.1. The highest BCUT2D eigenvalue weighted by atomic mass is 16.5. The van der Waals surface area contributed by atoms with Crippen LogP contribution in [0.4, 0.5) is 0 Å². The molecule has 16 heavy (non-hydrogen) atoms. The molecule has 0 fully saturated rings. The molecule has 0 aliphatic heterocycles. The number of aliphatic hydroxyl groups excluding tert-OH is 1. The van der Waals surface area contributed by atoms with Crippen molar-refractivity contribution in [1.82, 2.24) is 15.1 Å². The van der Waals surface area contributed by atoms with E-state index in [1.807, 2.05) is 7.05 Å². The van der Waals surface area contributed by atoms with E-state index in [0.717, 1.165) is 19.6 Å². The van der Waals surface area contributed by atoms with E-state index in [1.54, 1.807) is 7.11 Å². The van der Waals surface area contributed by atoms with Gasteiger partial charge >= 0.3 is 0 Å². The summed E-state index contributed by atoms with van der Waals surface area (Å²) in [5.74, 6) is 0. The Hall–Kier alpha value is -0.200. The van der Waals surface area contributed by atoms with E-state index >= 15 is 0 Å². The summed E-state index contributed by atoms with van der Waals surface area (Å²) in [6.07, 6.45) is -0.316.